The van der Waals surface area contributed by atoms with Crippen molar-refractivity contribution >= 4 is 23.2 Å². The van der Waals surface area contributed by atoms with Crippen molar-refractivity contribution in [2.75, 3.05) is 31.6 Å². The van der Waals surface area contributed by atoms with Crippen molar-refractivity contribution in [1.82, 2.24) is 19.7 Å². The van der Waals surface area contributed by atoms with E-state index in [1.165, 1.54) is 0 Å². The van der Waals surface area contributed by atoms with Crippen LogP contribution in [0.5, 0.6) is 0 Å². The van der Waals surface area contributed by atoms with E-state index in [0.29, 0.717) is 22.3 Å². The molecule has 3 heterocycles. The minimum Gasteiger partial charge on any atom is -0.379 e. The van der Waals surface area contributed by atoms with Crippen molar-refractivity contribution in [2.45, 2.75) is 44.1 Å². The van der Waals surface area contributed by atoms with Gasteiger partial charge in [-0.1, -0.05) is 11.6 Å². The molecule has 1 saturated heterocycles. The average molecular weight is 505 g/mol. The Morgan fingerprint density at radius 2 is 1.86 bits per heavy atom. The SMILES string of the molecule is Cc1c(C(=O)Nc2ccc(C3(C#N)CCC(N4CCOCC4)CC3)nc2)cnn1-c1ccc(Cl)cc1. The van der Waals surface area contributed by atoms with Crippen LogP contribution in [0.3, 0.4) is 0 Å². The maximum atomic E-state index is 12.9. The number of nitriles is 1. The third kappa shape index (κ3) is 4.87. The largest absolute Gasteiger partial charge is 0.379 e. The van der Waals surface area contributed by atoms with Gasteiger partial charge in [0, 0.05) is 24.2 Å². The first-order chi connectivity index (χ1) is 17.5. The number of pyridine rings is 1. The molecule has 36 heavy (non-hydrogen) atoms. The highest BCUT2D eigenvalue weighted by Crippen LogP contribution is 2.40. The quantitative estimate of drug-likeness (QED) is 0.549. The molecule has 1 aromatic carbocycles. The number of carbonyl (C=O) groups excluding carboxylic acids is 1. The normalized spacial score (nSPS) is 22.6. The first-order valence-corrected chi connectivity index (χ1v) is 12.7. The molecule has 5 rings (SSSR count). The van der Waals surface area contributed by atoms with E-state index in [-0.39, 0.29) is 5.91 Å². The van der Waals surface area contributed by atoms with Crippen molar-refractivity contribution < 1.29 is 9.53 Å². The zero-order valence-electron chi connectivity index (χ0n) is 20.3. The van der Waals surface area contributed by atoms with Crippen LogP contribution in [-0.2, 0) is 10.2 Å². The van der Waals surface area contributed by atoms with E-state index in [9.17, 15) is 10.1 Å². The van der Waals surface area contributed by atoms with Gasteiger partial charge >= 0.3 is 0 Å². The Morgan fingerprint density at radius 3 is 2.50 bits per heavy atom. The number of amides is 1. The Hall–Kier alpha value is -3.25. The summed E-state index contributed by atoms with van der Waals surface area (Å²) in [5, 5.41) is 18.0. The molecule has 2 fully saturated rings. The van der Waals surface area contributed by atoms with Gasteiger partial charge in [0.2, 0.25) is 0 Å². The molecule has 186 valence electrons. The fourth-order valence-electron chi connectivity index (χ4n) is 5.25. The van der Waals surface area contributed by atoms with E-state index >= 15 is 0 Å². The zero-order chi connectivity index (χ0) is 25.1. The van der Waals surface area contributed by atoms with Crippen LogP contribution < -0.4 is 5.32 Å². The average Bonchev–Trinajstić information content (AvgIpc) is 3.31. The predicted octanol–water partition coefficient (Wildman–Crippen LogP) is 4.52. The summed E-state index contributed by atoms with van der Waals surface area (Å²) in [5.41, 5.74) is 2.80. The molecule has 0 atom stereocenters. The molecule has 0 unspecified atom stereocenters. The summed E-state index contributed by atoms with van der Waals surface area (Å²) in [6.07, 6.45) is 6.72. The molecule has 0 bridgehead atoms. The first kappa shape index (κ1) is 24.4. The number of benzene rings is 1. The van der Waals surface area contributed by atoms with E-state index in [0.717, 1.165) is 69.1 Å². The lowest BCUT2D eigenvalue weighted by Gasteiger charge is -2.41. The van der Waals surface area contributed by atoms with Crippen molar-refractivity contribution in [1.29, 1.82) is 5.26 Å². The number of hydrogen-bond donors (Lipinski definition) is 1. The van der Waals surface area contributed by atoms with Gasteiger partial charge in [-0.2, -0.15) is 10.4 Å². The van der Waals surface area contributed by atoms with Gasteiger partial charge in [-0.25, -0.2) is 4.68 Å². The van der Waals surface area contributed by atoms with Crippen molar-refractivity contribution in [3.8, 4) is 11.8 Å². The summed E-state index contributed by atoms with van der Waals surface area (Å²) in [5.74, 6) is -0.261. The first-order valence-electron chi connectivity index (χ1n) is 12.3. The molecule has 1 N–H and O–H groups in total. The van der Waals surface area contributed by atoms with Crippen LogP contribution in [0.2, 0.25) is 5.02 Å². The number of nitrogens with one attached hydrogen (secondary N) is 1. The van der Waals surface area contributed by atoms with Crippen molar-refractivity contribution in [2.24, 2.45) is 0 Å². The molecule has 3 aromatic rings. The Balaban J connectivity index is 1.25. The monoisotopic (exact) mass is 504 g/mol. The maximum absolute atomic E-state index is 12.9. The molecule has 1 saturated carbocycles. The van der Waals surface area contributed by atoms with Crippen LogP contribution in [0, 0.1) is 18.3 Å². The van der Waals surface area contributed by atoms with Gasteiger partial charge in [-0.3, -0.25) is 14.7 Å². The van der Waals surface area contributed by atoms with E-state index in [1.54, 1.807) is 29.2 Å². The van der Waals surface area contributed by atoms with Gasteiger partial charge in [0.1, 0.15) is 0 Å². The number of anilines is 1. The minimum atomic E-state index is -0.582. The van der Waals surface area contributed by atoms with Crippen molar-refractivity contribution in [3.05, 3.63) is 70.8 Å². The molecule has 0 spiro atoms. The van der Waals surface area contributed by atoms with Crippen LogP contribution in [0.1, 0.15) is 47.4 Å². The van der Waals surface area contributed by atoms with Gasteiger partial charge in [-0.05, 0) is 69.0 Å². The number of hydrogen-bond acceptors (Lipinski definition) is 6. The summed E-state index contributed by atoms with van der Waals surface area (Å²) in [7, 11) is 0. The topological polar surface area (TPSA) is 96.1 Å². The maximum Gasteiger partial charge on any atom is 0.259 e. The van der Waals surface area contributed by atoms with Crippen LogP contribution in [0.15, 0.2) is 48.8 Å². The van der Waals surface area contributed by atoms with E-state index in [1.807, 2.05) is 31.2 Å². The fourth-order valence-corrected chi connectivity index (χ4v) is 5.38. The highest BCUT2D eigenvalue weighted by molar-refractivity contribution is 6.30. The second kappa shape index (κ2) is 10.4. The minimum absolute atomic E-state index is 0.261. The third-order valence-electron chi connectivity index (χ3n) is 7.42. The molecule has 8 nitrogen and oxygen atoms in total. The smallest absolute Gasteiger partial charge is 0.259 e. The molecular weight excluding hydrogens is 476 g/mol. The highest BCUT2D eigenvalue weighted by Gasteiger charge is 2.40. The van der Waals surface area contributed by atoms with Gasteiger partial charge in [-0.15, -0.1) is 0 Å². The second-order valence-corrected chi connectivity index (χ2v) is 9.93. The highest BCUT2D eigenvalue weighted by atomic mass is 35.5. The van der Waals surface area contributed by atoms with Gasteiger partial charge in [0.05, 0.1) is 65.4 Å². The lowest BCUT2D eigenvalue weighted by Crippen LogP contribution is -2.47. The van der Waals surface area contributed by atoms with Gasteiger partial charge in [0.25, 0.3) is 5.91 Å². The fraction of sp³-hybridized carbons (Fsp3) is 0.407. The summed E-state index contributed by atoms with van der Waals surface area (Å²) in [6, 6.07) is 14.0. The Morgan fingerprint density at radius 1 is 1.14 bits per heavy atom. The van der Waals surface area contributed by atoms with Crippen LogP contribution in [-0.4, -0.2) is 57.9 Å². The lowest BCUT2D eigenvalue weighted by molar-refractivity contribution is 0.00493. The number of rotatable bonds is 5. The van der Waals surface area contributed by atoms with Crippen LogP contribution >= 0.6 is 11.6 Å². The van der Waals surface area contributed by atoms with Gasteiger partial charge in [0.15, 0.2) is 0 Å². The lowest BCUT2D eigenvalue weighted by atomic mass is 9.71. The molecule has 2 aliphatic rings. The number of morpholine rings is 1. The molecule has 1 aliphatic heterocycles. The molecular formula is C27H29ClN6O2. The Labute approximate surface area is 215 Å². The predicted molar refractivity (Wildman–Crippen MR) is 137 cm³/mol. The van der Waals surface area contributed by atoms with Crippen LogP contribution in [0.4, 0.5) is 5.69 Å². The molecule has 2 aromatic heterocycles. The number of ether oxygens (including phenoxy) is 1. The Bertz CT molecular complexity index is 1250. The molecule has 1 amide bonds. The van der Waals surface area contributed by atoms with E-state index in [2.05, 4.69) is 26.4 Å². The molecule has 9 heteroatoms. The van der Waals surface area contributed by atoms with E-state index in [4.69, 9.17) is 16.3 Å². The zero-order valence-corrected chi connectivity index (χ0v) is 21.0. The van der Waals surface area contributed by atoms with Crippen LogP contribution in [0.25, 0.3) is 5.69 Å². The third-order valence-corrected chi connectivity index (χ3v) is 7.67. The Kier molecular flexibility index (Phi) is 7.06. The number of nitrogens with zero attached hydrogens (tertiary/aromatic N) is 5. The number of carbonyl (C=O) groups is 1. The molecule has 0 radical (unpaired) electrons. The standard InChI is InChI=1S/C27H29ClN6O2/c1-19-24(17-31-34(19)23-5-2-20(28)3-6-23)26(35)32-21-4-7-25(30-16-21)27(18-29)10-8-22(9-11-27)33-12-14-36-15-13-33/h2-7,16-17,22H,8-15H2,1H3,(H,32,35). The summed E-state index contributed by atoms with van der Waals surface area (Å²) in [6.45, 7) is 5.36. The number of halogens is 1. The summed E-state index contributed by atoms with van der Waals surface area (Å²) >= 11 is 5.98. The second-order valence-electron chi connectivity index (χ2n) is 9.49. The van der Waals surface area contributed by atoms with Crippen molar-refractivity contribution in [3.63, 3.8) is 0 Å². The number of aromatic nitrogens is 3. The van der Waals surface area contributed by atoms with Gasteiger partial charge < -0.3 is 10.1 Å². The van der Waals surface area contributed by atoms with E-state index < -0.39 is 5.41 Å². The molecule has 1 aliphatic carbocycles. The summed E-state index contributed by atoms with van der Waals surface area (Å²) < 4.78 is 7.18. The summed E-state index contributed by atoms with van der Waals surface area (Å²) in [4.78, 5) is 20.0.